The molecule has 0 atom stereocenters. The third kappa shape index (κ3) is 4.44. The highest BCUT2D eigenvalue weighted by atomic mass is 35.5. The number of aromatic nitrogens is 2. The van der Waals surface area contributed by atoms with Gasteiger partial charge in [0.25, 0.3) is 0 Å². The van der Waals surface area contributed by atoms with E-state index >= 15 is 0 Å². The molecule has 128 valence electrons. The second-order valence-electron chi connectivity index (χ2n) is 5.52. The van der Waals surface area contributed by atoms with Crippen molar-refractivity contribution < 1.29 is 4.74 Å². The summed E-state index contributed by atoms with van der Waals surface area (Å²) in [5, 5.41) is 1.38. The van der Waals surface area contributed by atoms with Gasteiger partial charge in [0.05, 0.1) is 12.0 Å². The van der Waals surface area contributed by atoms with Crippen molar-refractivity contribution in [2.45, 2.75) is 20.0 Å². The molecule has 3 aromatic rings. The van der Waals surface area contributed by atoms with Crippen LogP contribution < -0.4 is 4.74 Å². The third-order valence-electron chi connectivity index (χ3n) is 3.71. The summed E-state index contributed by atoms with van der Waals surface area (Å²) in [6.45, 7) is 2.55. The van der Waals surface area contributed by atoms with Crippen molar-refractivity contribution in [3.05, 3.63) is 88.4 Å². The molecular weight excluding hydrogens is 355 g/mol. The quantitative estimate of drug-likeness (QED) is 0.525. The first-order valence-corrected chi connectivity index (χ1v) is 8.78. The summed E-state index contributed by atoms with van der Waals surface area (Å²) < 4.78 is 8.03. The lowest BCUT2D eigenvalue weighted by atomic mass is 10.1. The number of hydrogen-bond acceptors (Lipinski definition) is 2. The molecule has 3 nitrogen and oxygen atoms in total. The summed E-state index contributed by atoms with van der Waals surface area (Å²) in [6, 6.07) is 13.3. The Labute approximate surface area is 157 Å². The lowest BCUT2D eigenvalue weighted by Crippen LogP contribution is -2.02. The van der Waals surface area contributed by atoms with Crippen molar-refractivity contribution in [2.24, 2.45) is 0 Å². The molecule has 1 heterocycles. The van der Waals surface area contributed by atoms with Crippen LogP contribution in [0.15, 0.2) is 67.3 Å². The van der Waals surface area contributed by atoms with Crippen LogP contribution in [0.5, 0.6) is 5.75 Å². The molecule has 0 spiro atoms. The smallest absolute Gasteiger partial charge is 0.129 e. The average molecular weight is 373 g/mol. The van der Waals surface area contributed by atoms with E-state index in [-0.39, 0.29) is 0 Å². The molecule has 0 fully saturated rings. The average Bonchev–Trinajstić information content (AvgIpc) is 3.14. The fraction of sp³-hybridized carbons (Fsp3) is 0.150. The summed E-state index contributed by atoms with van der Waals surface area (Å²) in [7, 11) is 0. The normalized spacial score (nSPS) is 11.6. The molecule has 1 aromatic heterocycles. The van der Waals surface area contributed by atoms with E-state index in [1.165, 1.54) is 0 Å². The molecule has 5 heteroatoms. The molecule has 3 rings (SSSR count). The Kier molecular flexibility index (Phi) is 5.79. The van der Waals surface area contributed by atoms with Crippen molar-refractivity contribution in [3.63, 3.8) is 0 Å². The van der Waals surface area contributed by atoms with Gasteiger partial charge in [-0.2, -0.15) is 0 Å². The van der Waals surface area contributed by atoms with Crippen LogP contribution >= 0.6 is 23.2 Å². The molecule has 0 amide bonds. The van der Waals surface area contributed by atoms with Gasteiger partial charge in [0.2, 0.25) is 0 Å². The standard InChI is InChI=1S/C20H18Cl2N2O/c1-2-3-19(24-11-10-23-14-24)18-12-17(22)8-9-20(18)25-13-15-4-6-16(21)7-5-15/h3-12,14H,2,13H2,1H3/b19-3-. The molecule has 0 aliphatic carbocycles. The second-order valence-corrected chi connectivity index (χ2v) is 6.40. The van der Waals surface area contributed by atoms with Crippen molar-refractivity contribution in [1.82, 2.24) is 9.55 Å². The zero-order chi connectivity index (χ0) is 17.6. The maximum absolute atomic E-state index is 6.23. The Balaban J connectivity index is 1.92. The number of imidazole rings is 1. The Morgan fingerprint density at radius 2 is 1.88 bits per heavy atom. The van der Waals surface area contributed by atoms with Crippen LogP contribution in [0, 0.1) is 0 Å². The number of nitrogens with zero attached hydrogens (tertiary/aromatic N) is 2. The van der Waals surface area contributed by atoms with Crippen LogP contribution in [0.1, 0.15) is 24.5 Å². The number of rotatable bonds is 6. The number of allylic oxidation sites excluding steroid dienone is 1. The number of benzene rings is 2. The van der Waals surface area contributed by atoms with E-state index in [0.29, 0.717) is 16.7 Å². The van der Waals surface area contributed by atoms with Crippen LogP contribution in [-0.4, -0.2) is 9.55 Å². The fourth-order valence-corrected chi connectivity index (χ4v) is 2.82. The minimum Gasteiger partial charge on any atom is -0.488 e. The van der Waals surface area contributed by atoms with Gasteiger partial charge >= 0.3 is 0 Å². The van der Waals surface area contributed by atoms with Crippen LogP contribution in [0.25, 0.3) is 5.70 Å². The lowest BCUT2D eigenvalue weighted by molar-refractivity contribution is 0.305. The van der Waals surface area contributed by atoms with Crippen molar-refractivity contribution >= 4 is 28.9 Å². The summed E-state index contributed by atoms with van der Waals surface area (Å²) in [4.78, 5) is 4.14. The molecule has 0 saturated heterocycles. The highest BCUT2D eigenvalue weighted by molar-refractivity contribution is 6.31. The second kappa shape index (κ2) is 8.24. The molecule has 0 N–H and O–H groups in total. The van der Waals surface area contributed by atoms with Crippen LogP contribution in [0.4, 0.5) is 0 Å². The molecule has 0 bridgehead atoms. The van der Waals surface area contributed by atoms with Gasteiger partial charge in [0.15, 0.2) is 0 Å². The molecule has 2 aromatic carbocycles. The maximum atomic E-state index is 6.23. The molecule has 0 radical (unpaired) electrons. The van der Waals surface area contributed by atoms with Crippen LogP contribution in [0.2, 0.25) is 10.0 Å². The third-order valence-corrected chi connectivity index (χ3v) is 4.19. The number of ether oxygens (including phenoxy) is 1. The summed E-state index contributed by atoms with van der Waals surface area (Å²) in [5.41, 5.74) is 2.98. The number of hydrogen-bond donors (Lipinski definition) is 0. The van der Waals surface area contributed by atoms with Crippen LogP contribution in [0.3, 0.4) is 0 Å². The largest absolute Gasteiger partial charge is 0.488 e. The molecule has 0 saturated carbocycles. The Hall–Kier alpha value is -2.23. The predicted octanol–water partition coefficient (Wildman–Crippen LogP) is 6.07. The SMILES string of the molecule is CC/C=C(/c1cc(Cl)ccc1OCc1ccc(Cl)cc1)n1ccnc1. The molecular formula is C20H18Cl2N2O. The summed E-state index contributed by atoms with van der Waals surface area (Å²) >= 11 is 12.2. The van der Waals surface area contributed by atoms with Crippen molar-refractivity contribution in [1.29, 1.82) is 0 Å². The molecule has 0 unspecified atom stereocenters. The topological polar surface area (TPSA) is 27.1 Å². The highest BCUT2D eigenvalue weighted by Crippen LogP contribution is 2.31. The van der Waals surface area contributed by atoms with Gasteiger partial charge in [-0.15, -0.1) is 0 Å². The summed E-state index contributed by atoms with van der Waals surface area (Å²) in [6.07, 6.45) is 8.44. The zero-order valence-electron chi connectivity index (χ0n) is 13.8. The van der Waals surface area contributed by atoms with E-state index in [0.717, 1.165) is 29.0 Å². The predicted molar refractivity (Wildman–Crippen MR) is 103 cm³/mol. The first kappa shape index (κ1) is 17.6. The first-order valence-electron chi connectivity index (χ1n) is 8.03. The van der Waals surface area contributed by atoms with E-state index < -0.39 is 0 Å². The van der Waals surface area contributed by atoms with E-state index in [9.17, 15) is 0 Å². The Bertz CT molecular complexity index is 856. The zero-order valence-corrected chi connectivity index (χ0v) is 15.3. The van der Waals surface area contributed by atoms with Gasteiger partial charge < -0.3 is 9.30 Å². The number of halogens is 2. The Morgan fingerprint density at radius 1 is 1.12 bits per heavy atom. The van der Waals surface area contributed by atoms with Gasteiger partial charge in [-0.05, 0) is 42.3 Å². The monoisotopic (exact) mass is 372 g/mol. The van der Waals surface area contributed by atoms with Gasteiger partial charge in [0.1, 0.15) is 12.4 Å². The van der Waals surface area contributed by atoms with E-state index in [1.54, 1.807) is 12.5 Å². The Morgan fingerprint density at radius 3 is 2.56 bits per heavy atom. The fourth-order valence-electron chi connectivity index (χ4n) is 2.52. The lowest BCUT2D eigenvalue weighted by Gasteiger charge is -2.16. The van der Waals surface area contributed by atoms with E-state index in [1.807, 2.05) is 53.2 Å². The minimum absolute atomic E-state index is 0.454. The van der Waals surface area contributed by atoms with E-state index in [2.05, 4.69) is 18.0 Å². The van der Waals surface area contributed by atoms with Crippen molar-refractivity contribution in [3.8, 4) is 5.75 Å². The maximum Gasteiger partial charge on any atom is 0.129 e. The van der Waals surface area contributed by atoms with Crippen molar-refractivity contribution in [2.75, 3.05) is 0 Å². The first-order chi connectivity index (χ1) is 12.2. The van der Waals surface area contributed by atoms with Gasteiger partial charge in [-0.25, -0.2) is 4.98 Å². The minimum atomic E-state index is 0.454. The van der Waals surface area contributed by atoms with E-state index in [4.69, 9.17) is 27.9 Å². The molecule has 0 aliphatic rings. The van der Waals surface area contributed by atoms with Gasteiger partial charge in [0, 0.05) is 28.0 Å². The molecule has 0 aliphatic heterocycles. The van der Waals surface area contributed by atoms with Crippen LogP contribution in [-0.2, 0) is 6.61 Å². The summed E-state index contributed by atoms with van der Waals surface area (Å²) in [5.74, 6) is 0.771. The molecule has 25 heavy (non-hydrogen) atoms. The highest BCUT2D eigenvalue weighted by Gasteiger charge is 2.12. The van der Waals surface area contributed by atoms with Gasteiger partial charge in [-0.1, -0.05) is 48.3 Å². The van der Waals surface area contributed by atoms with Gasteiger partial charge in [-0.3, -0.25) is 0 Å².